The van der Waals surface area contributed by atoms with Crippen LogP contribution in [-0.4, -0.2) is 18.2 Å². The third-order valence-electron chi connectivity index (χ3n) is 3.08. The number of benzene rings is 1. The van der Waals surface area contributed by atoms with Gasteiger partial charge in [-0.3, -0.25) is 0 Å². The molecule has 2 aromatic rings. The number of thiazole rings is 1. The molecule has 0 saturated carbocycles. The second-order valence-electron chi connectivity index (χ2n) is 4.82. The van der Waals surface area contributed by atoms with Crippen molar-refractivity contribution in [3.63, 3.8) is 0 Å². The lowest BCUT2D eigenvalue weighted by molar-refractivity contribution is 0.297. The first-order valence-corrected chi connectivity index (χ1v) is 7.69. The predicted molar refractivity (Wildman–Crippen MR) is 79.4 cm³/mol. The molecule has 1 aromatic heterocycles. The first kappa shape index (κ1) is 13.4. The number of aromatic nitrogens is 1. The quantitative estimate of drug-likeness (QED) is 0.940. The van der Waals surface area contributed by atoms with E-state index in [0.29, 0.717) is 0 Å². The van der Waals surface area contributed by atoms with Crippen LogP contribution in [-0.2, 0) is 13.1 Å². The zero-order chi connectivity index (χ0) is 13.8. The fourth-order valence-corrected chi connectivity index (χ4v) is 2.86. The van der Waals surface area contributed by atoms with E-state index in [2.05, 4.69) is 27.8 Å². The number of hydrogen-bond donors (Lipinski definition) is 1. The topological polar surface area (TPSA) is 43.4 Å². The Morgan fingerprint density at radius 1 is 1.20 bits per heavy atom. The van der Waals surface area contributed by atoms with Gasteiger partial charge in [-0.2, -0.15) is 0 Å². The van der Waals surface area contributed by atoms with Crippen molar-refractivity contribution in [1.29, 1.82) is 0 Å². The number of aryl methyl sites for hydroxylation is 1. The minimum Gasteiger partial charge on any atom is -0.490 e. The van der Waals surface area contributed by atoms with E-state index in [4.69, 9.17) is 9.47 Å². The molecule has 5 heteroatoms. The van der Waals surface area contributed by atoms with Crippen LogP contribution in [0.4, 0.5) is 0 Å². The fraction of sp³-hybridized carbons (Fsp3) is 0.400. The second-order valence-corrected chi connectivity index (χ2v) is 5.76. The molecular formula is C15H18N2O2S. The summed E-state index contributed by atoms with van der Waals surface area (Å²) >= 11 is 1.69. The van der Waals surface area contributed by atoms with Gasteiger partial charge in [-0.15, -0.1) is 11.3 Å². The average Bonchev–Trinajstić information content (AvgIpc) is 2.73. The number of ether oxygens (including phenoxy) is 2. The zero-order valence-electron chi connectivity index (χ0n) is 11.5. The lowest BCUT2D eigenvalue weighted by atomic mass is 10.2. The molecule has 0 aliphatic carbocycles. The molecule has 3 rings (SSSR count). The Kier molecular flexibility index (Phi) is 4.18. The Hall–Kier alpha value is -1.59. The number of fused-ring (bicyclic) bond motifs is 1. The highest BCUT2D eigenvalue weighted by Gasteiger charge is 2.10. The molecule has 0 bridgehead atoms. The summed E-state index contributed by atoms with van der Waals surface area (Å²) in [6.45, 7) is 5.07. The molecule has 0 radical (unpaired) electrons. The van der Waals surface area contributed by atoms with Crippen molar-refractivity contribution < 1.29 is 9.47 Å². The van der Waals surface area contributed by atoms with Crippen LogP contribution in [0.3, 0.4) is 0 Å². The Bertz CT molecular complexity index is 583. The summed E-state index contributed by atoms with van der Waals surface area (Å²) in [6, 6.07) is 6.12. The summed E-state index contributed by atoms with van der Waals surface area (Å²) in [6.07, 6.45) is 0.936. The average molecular weight is 290 g/mol. The van der Waals surface area contributed by atoms with E-state index in [1.807, 2.05) is 13.0 Å². The Morgan fingerprint density at radius 3 is 2.85 bits per heavy atom. The maximum atomic E-state index is 5.69. The van der Waals surface area contributed by atoms with E-state index in [1.165, 1.54) is 5.56 Å². The van der Waals surface area contributed by atoms with E-state index < -0.39 is 0 Å². The minimum atomic E-state index is 0.724. The summed E-state index contributed by atoms with van der Waals surface area (Å²) in [7, 11) is 0. The van der Waals surface area contributed by atoms with Gasteiger partial charge in [-0.1, -0.05) is 6.07 Å². The van der Waals surface area contributed by atoms with Gasteiger partial charge in [-0.25, -0.2) is 4.98 Å². The van der Waals surface area contributed by atoms with Gasteiger partial charge in [0.1, 0.15) is 5.01 Å². The van der Waals surface area contributed by atoms with Crippen LogP contribution >= 0.6 is 11.3 Å². The largest absolute Gasteiger partial charge is 0.490 e. The summed E-state index contributed by atoms with van der Waals surface area (Å²) in [5.41, 5.74) is 2.28. The smallest absolute Gasteiger partial charge is 0.161 e. The van der Waals surface area contributed by atoms with Crippen molar-refractivity contribution in [2.45, 2.75) is 26.4 Å². The van der Waals surface area contributed by atoms with E-state index in [-0.39, 0.29) is 0 Å². The number of nitrogens with zero attached hydrogens (tertiary/aromatic N) is 1. The molecule has 0 saturated heterocycles. The molecule has 0 spiro atoms. The third kappa shape index (κ3) is 3.29. The lowest BCUT2D eigenvalue weighted by Gasteiger charge is -2.09. The van der Waals surface area contributed by atoms with Gasteiger partial charge in [0.05, 0.1) is 13.2 Å². The van der Waals surface area contributed by atoms with Crippen molar-refractivity contribution in [3.8, 4) is 11.5 Å². The Morgan fingerprint density at radius 2 is 2.05 bits per heavy atom. The van der Waals surface area contributed by atoms with Crippen LogP contribution in [0.25, 0.3) is 0 Å². The van der Waals surface area contributed by atoms with Crippen molar-refractivity contribution >= 4 is 11.3 Å². The summed E-state index contributed by atoms with van der Waals surface area (Å²) in [5, 5.41) is 6.60. The van der Waals surface area contributed by atoms with E-state index >= 15 is 0 Å². The maximum absolute atomic E-state index is 5.69. The zero-order valence-corrected chi connectivity index (χ0v) is 12.3. The monoisotopic (exact) mass is 290 g/mol. The molecule has 0 unspecified atom stereocenters. The highest BCUT2D eigenvalue weighted by atomic mass is 32.1. The fourth-order valence-electron chi connectivity index (χ4n) is 2.12. The SMILES string of the molecule is Cc1csc(CNCc2ccc3c(c2)OCCCO3)n1. The summed E-state index contributed by atoms with van der Waals surface area (Å²) in [4.78, 5) is 4.44. The van der Waals surface area contributed by atoms with Gasteiger partial charge in [0, 0.05) is 30.6 Å². The molecule has 1 aliphatic heterocycles. The first-order chi connectivity index (χ1) is 9.81. The molecule has 0 amide bonds. The van der Waals surface area contributed by atoms with E-state index in [9.17, 15) is 0 Å². The molecule has 1 N–H and O–H groups in total. The normalized spacial score (nSPS) is 14.1. The van der Waals surface area contributed by atoms with Crippen LogP contribution in [0.1, 0.15) is 22.7 Å². The van der Waals surface area contributed by atoms with Crippen LogP contribution in [0, 0.1) is 6.92 Å². The van der Waals surface area contributed by atoms with Crippen molar-refractivity contribution in [3.05, 3.63) is 39.8 Å². The van der Waals surface area contributed by atoms with Crippen LogP contribution < -0.4 is 14.8 Å². The van der Waals surface area contributed by atoms with Gasteiger partial charge < -0.3 is 14.8 Å². The standard InChI is InChI=1S/C15H18N2O2S/c1-11-10-20-15(17-11)9-16-8-12-3-4-13-14(7-12)19-6-2-5-18-13/h3-4,7,10,16H,2,5-6,8-9H2,1H3. The van der Waals surface area contributed by atoms with E-state index in [1.54, 1.807) is 11.3 Å². The summed E-state index contributed by atoms with van der Waals surface area (Å²) < 4.78 is 11.3. The molecule has 4 nitrogen and oxygen atoms in total. The summed E-state index contributed by atoms with van der Waals surface area (Å²) in [5.74, 6) is 1.70. The molecule has 0 fully saturated rings. The number of nitrogens with one attached hydrogen (secondary N) is 1. The Labute approximate surface area is 122 Å². The number of hydrogen-bond acceptors (Lipinski definition) is 5. The van der Waals surface area contributed by atoms with Crippen LogP contribution in [0.5, 0.6) is 11.5 Å². The van der Waals surface area contributed by atoms with Gasteiger partial charge in [0.2, 0.25) is 0 Å². The van der Waals surface area contributed by atoms with Crippen molar-refractivity contribution in [1.82, 2.24) is 10.3 Å². The second kappa shape index (κ2) is 6.24. The molecular weight excluding hydrogens is 272 g/mol. The van der Waals surface area contributed by atoms with Crippen molar-refractivity contribution in [2.24, 2.45) is 0 Å². The molecule has 2 heterocycles. The Balaban J connectivity index is 1.59. The maximum Gasteiger partial charge on any atom is 0.161 e. The number of rotatable bonds is 4. The highest BCUT2D eigenvalue weighted by molar-refractivity contribution is 7.09. The molecule has 1 aromatic carbocycles. The van der Waals surface area contributed by atoms with Crippen LogP contribution in [0.15, 0.2) is 23.6 Å². The van der Waals surface area contributed by atoms with Gasteiger partial charge >= 0.3 is 0 Å². The molecule has 106 valence electrons. The molecule has 0 atom stereocenters. The van der Waals surface area contributed by atoms with Gasteiger partial charge in [0.15, 0.2) is 11.5 Å². The van der Waals surface area contributed by atoms with Gasteiger partial charge in [-0.05, 0) is 24.6 Å². The molecule has 20 heavy (non-hydrogen) atoms. The minimum absolute atomic E-state index is 0.724. The first-order valence-electron chi connectivity index (χ1n) is 6.81. The van der Waals surface area contributed by atoms with Crippen LogP contribution in [0.2, 0.25) is 0 Å². The third-order valence-corrected chi connectivity index (χ3v) is 4.05. The van der Waals surface area contributed by atoms with E-state index in [0.717, 1.165) is 54.9 Å². The molecule has 1 aliphatic rings. The highest BCUT2D eigenvalue weighted by Crippen LogP contribution is 2.30. The predicted octanol–water partition coefficient (Wildman–Crippen LogP) is 2.90. The van der Waals surface area contributed by atoms with Gasteiger partial charge in [0.25, 0.3) is 0 Å². The lowest BCUT2D eigenvalue weighted by Crippen LogP contribution is -2.12. The van der Waals surface area contributed by atoms with Crippen molar-refractivity contribution in [2.75, 3.05) is 13.2 Å².